The molecule has 0 bridgehead atoms. The van der Waals surface area contributed by atoms with E-state index < -0.39 is 29.0 Å². The molecule has 1 fully saturated rings. The number of aromatic nitrogens is 1. The van der Waals surface area contributed by atoms with Crippen molar-refractivity contribution in [2.24, 2.45) is 0 Å². The summed E-state index contributed by atoms with van der Waals surface area (Å²) in [4.78, 5) is 32.3. The Kier molecular flexibility index (Phi) is 7.83. The molecule has 8 heteroatoms. The lowest BCUT2D eigenvalue weighted by Gasteiger charge is -2.40. The van der Waals surface area contributed by atoms with Crippen LogP contribution in [0.25, 0.3) is 11.3 Å². The molecule has 0 aliphatic carbocycles. The second-order valence-electron chi connectivity index (χ2n) is 10.2. The first-order chi connectivity index (χ1) is 17.1. The molecule has 2 aromatic carbocycles. The molecule has 2 N–H and O–H groups in total. The number of esters is 1. The van der Waals surface area contributed by atoms with Gasteiger partial charge < -0.3 is 15.2 Å². The number of amides is 1. The van der Waals surface area contributed by atoms with Crippen LogP contribution in [0.3, 0.4) is 0 Å². The van der Waals surface area contributed by atoms with Gasteiger partial charge in [-0.25, -0.2) is 4.98 Å². The highest BCUT2D eigenvalue weighted by Crippen LogP contribution is 2.48. The number of thiazole rings is 1. The van der Waals surface area contributed by atoms with Gasteiger partial charge in [-0.3, -0.25) is 9.59 Å². The molecule has 1 saturated heterocycles. The topological polar surface area (TPSA) is 88.5 Å². The molecule has 4 rings (SSSR count). The molecule has 0 spiro atoms. The van der Waals surface area contributed by atoms with Crippen LogP contribution in [0.1, 0.15) is 56.5 Å². The minimum atomic E-state index is -1.33. The standard InChI is InChI=1S/C28H31ClN2O4S/c1-27(2,3)35-24(33)15-28(26-31-23(17-36-26)20-11-7-8-12-22(20)29)21(18-9-5-4-6-10-18)14-13-19(32)16-30-25(28)34/h4-12,17,19,21,32H,13-16H2,1-3H3,(H,30,34)/t19?,21-,28-/m0/s1. The number of carbonyl (C=O) groups excluding carboxylic acids is 2. The maximum Gasteiger partial charge on any atom is 0.307 e. The van der Waals surface area contributed by atoms with Crippen LogP contribution in [0.4, 0.5) is 0 Å². The average Bonchev–Trinajstić information content (AvgIpc) is 3.31. The highest BCUT2D eigenvalue weighted by molar-refractivity contribution is 7.10. The Morgan fingerprint density at radius 3 is 2.56 bits per heavy atom. The third-order valence-electron chi connectivity index (χ3n) is 6.37. The van der Waals surface area contributed by atoms with Gasteiger partial charge in [-0.1, -0.05) is 60.1 Å². The zero-order valence-electron chi connectivity index (χ0n) is 20.7. The smallest absolute Gasteiger partial charge is 0.307 e. The molecule has 1 aliphatic rings. The summed E-state index contributed by atoms with van der Waals surface area (Å²) in [6.07, 6.45) is 0.122. The molecular weight excluding hydrogens is 496 g/mol. The summed E-state index contributed by atoms with van der Waals surface area (Å²) in [6.45, 7) is 5.53. The zero-order valence-corrected chi connectivity index (χ0v) is 22.2. The van der Waals surface area contributed by atoms with Crippen molar-refractivity contribution in [2.45, 2.75) is 63.1 Å². The Bertz CT molecular complexity index is 1220. The first-order valence-corrected chi connectivity index (χ1v) is 13.3. The lowest BCUT2D eigenvalue weighted by molar-refractivity contribution is -0.159. The fourth-order valence-electron chi connectivity index (χ4n) is 4.77. The number of aliphatic hydroxyl groups is 1. The Morgan fingerprint density at radius 1 is 1.17 bits per heavy atom. The average molecular weight is 527 g/mol. The van der Waals surface area contributed by atoms with Crippen LogP contribution in [0.2, 0.25) is 5.02 Å². The largest absolute Gasteiger partial charge is 0.460 e. The number of aliphatic hydroxyl groups excluding tert-OH is 1. The van der Waals surface area contributed by atoms with E-state index in [1.54, 1.807) is 26.8 Å². The second kappa shape index (κ2) is 10.7. The Hall–Kier alpha value is -2.74. The fourth-order valence-corrected chi connectivity index (χ4v) is 6.08. The van der Waals surface area contributed by atoms with E-state index in [1.807, 2.05) is 53.9 Å². The summed E-state index contributed by atoms with van der Waals surface area (Å²) >= 11 is 7.78. The minimum absolute atomic E-state index is 0.110. The summed E-state index contributed by atoms with van der Waals surface area (Å²) in [7, 11) is 0. The Labute approximate surface area is 220 Å². The molecule has 190 valence electrons. The van der Waals surface area contributed by atoms with Crippen LogP contribution in [-0.2, 0) is 19.7 Å². The summed E-state index contributed by atoms with van der Waals surface area (Å²) in [6, 6.07) is 17.1. The van der Waals surface area contributed by atoms with Crippen LogP contribution in [-0.4, -0.2) is 40.2 Å². The molecular formula is C28H31ClN2O4S. The van der Waals surface area contributed by atoms with Crippen LogP contribution < -0.4 is 5.32 Å². The number of halogens is 1. The lowest BCUT2D eigenvalue weighted by Crippen LogP contribution is -2.53. The summed E-state index contributed by atoms with van der Waals surface area (Å²) < 4.78 is 5.71. The van der Waals surface area contributed by atoms with Gasteiger partial charge in [0, 0.05) is 28.4 Å². The van der Waals surface area contributed by atoms with E-state index in [-0.39, 0.29) is 18.9 Å². The summed E-state index contributed by atoms with van der Waals surface area (Å²) in [5, 5.41) is 16.3. The number of nitrogens with zero attached hydrogens (tertiary/aromatic N) is 1. The van der Waals surface area contributed by atoms with Gasteiger partial charge in [0.15, 0.2) is 0 Å². The predicted octanol–water partition coefficient (Wildman–Crippen LogP) is 5.49. The number of hydrogen-bond acceptors (Lipinski definition) is 6. The normalized spacial score (nSPS) is 22.9. The first-order valence-electron chi connectivity index (χ1n) is 12.0. The van der Waals surface area contributed by atoms with Crippen molar-refractivity contribution in [3.8, 4) is 11.3 Å². The predicted molar refractivity (Wildman–Crippen MR) is 142 cm³/mol. The van der Waals surface area contributed by atoms with Crippen molar-refractivity contribution in [2.75, 3.05) is 6.54 Å². The molecule has 1 aromatic heterocycles. The van der Waals surface area contributed by atoms with Crippen molar-refractivity contribution in [1.29, 1.82) is 0 Å². The number of rotatable bonds is 5. The zero-order chi connectivity index (χ0) is 25.9. The highest BCUT2D eigenvalue weighted by Gasteiger charge is 2.53. The summed E-state index contributed by atoms with van der Waals surface area (Å²) in [5.74, 6) is -1.23. The molecule has 0 radical (unpaired) electrons. The van der Waals surface area contributed by atoms with E-state index in [0.29, 0.717) is 28.6 Å². The molecule has 3 atom stereocenters. The van der Waals surface area contributed by atoms with E-state index in [2.05, 4.69) is 5.32 Å². The molecule has 1 aliphatic heterocycles. The van der Waals surface area contributed by atoms with Crippen molar-refractivity contribution >= 4 is 34.8 Å². The maximum atomic E-state index is 14.0. The first kappa shape index (κ1) is 26.3. The summed E-state index contributed by atoms with van der Waals surface area (Å²) in [5.41, 5.74) is 0.270. The molecule has 3 aromatic rings. The monoisotopic (exact) mass is 526 g/mol. The lowest BCUT2D eigenvalue weighted by atomic mass is 9.66. The maximum absolute atomic E-state index is 14.0. The molecule has 36 heavy (non-hydrogen) atoms. The molecule has 6 nitrogen and oxygen atoms in total. The highest BCUT2D eigenvalue weighted by atomic mass is 35.5. The number of nitrogens with one attached hydrogen (secondary N) is 1. The fraction of sp³-hybridized carbons (Fsp3) is 0.393. The number of benzene rings is 2. The third-order valence-corrected chi connectivity index (χ3v) is 7.72. The molecule has 2 heterocycles. The second-order valence-corrected chi connectivity index (χ2v) is 11.4. The minimum Gasteiger partial charge on any atom is -0.460 e. The van der Waals surface area contributed by atoms with Gasteiger partial charge in [0.2, 0.25) is 5.91 Å². The number of β-amino-alcohol motifs (C(OH)–C–C–N with tert-alkyl or cyclic N) is 1. The van der Waals surface area contributed by atoms with E-state index >= 15 is 0 Å². The number of carbonyl (C=O) groups is 2. The third kappa shape index (κ3) is 5.64. The van der Waals surface area contributed by atoms with Crippen LogP contribution in [0.5, 0.6) is 0 Å². The van der Waals surface area contributed by atoms with E-state index in [1.165, 1.54) is 11.3 Å². The van der Waals surface area contributed by atoms with Gasteiger partial charge >= 0.3 is 5.97 Å². The van der Waals surface area contributed by atoms with Gasteiger partial charge in [-0.2, -0.15) is 0 Å². The van der Waals surface area contributed by atoms with Crippen LogP contribution in [0, 0.1) is 0 Å². The Morgan fingerprint density at radius 2 is 1.86 bits per heavy atom. The van der Waals surface area contributed by atoms with Crippen LogP contribution in [0.15, 0.2) is 60.0 Å². The quantitative estimate of drug-likeness (QED) is 0.429. The SMILES string of the molecule is CC(C)(C)OC(=O)C[C@@]1(c2nc(-c3ccccc3Cl)cs2)C(=O)NCC(O)CC[C@H]1c1ccccc1. The van der Waals surface area contributed by atoms with Crippen molar-refractivity contribution in [3.63, 3.8) is 0 Å². The Balaban J connectivity index is 1.90. The van der Waals surface area contributed by atoms with Crippen molar-refractivity contribution < 1.29 is 19.4 Å². The molecule has 1 unspecified atom stereocenters. The van der Waals surface area contributed by atoms with E-state index in [9.17, 15) is 14.7 Å². The van der Waals surface area contributed by atoms with Gasteiger partial charge in [-0.05, 0) is 45.2 Å². The van der Waals surface area contributed by atoms with Gasteiger partial charge in [0.1, 0.15) is 16.0 Å². The van der Waals surface area contributed by atoms with E-state index in [4.69, 9.17) is 21.3 Å². The van der Waals surface area contributed by atoms with Gasteiger partial charge in [0.05, 0.1) is 18.2 Å². The molecule has 0 saturated carbocycles. The van der Waals surface area contributed by atoms with Gasteiger partial charge in [-0.15, -0.1) is 11.3 Å². The van der Waals surface area contributed by atoms with Crippen molar-refractivity contribution in [3.05, 3.63) is 75.6 Å². The van der Waals surface area contributed by atoms with Crippen molar-refractivity contribution in [1.82, 2.24) is 10.3 Å². The van der Waals surface area contributed by atoms with Gasteiger partial charge in [0.25, 0.3) is 0 Å². The number of ether oxygens (including phenoxy) is 1. The van der Waals surface area contributed by atoms with E-state index in [0.717, 1.165) is 11.1 Å². The van der Waals surface area contributed by atoms with Crippen LogP contribution >= 0.6 is 22.9 Å². The molecule has 1 amide bonds. The number of hydrogen-bond donors (Lipinski definition) is 2.